The molecule has 2 aromatic carbocycles. The van der Waals surface area contributed by atoms with E-state index in [2.05, 4.69) is 20.2 Å². The van der Waals surface area contributed by atoms with Crippen LogP contribution < -0.4 is 21.6 Å². The summed E-state index contributed by atoms with van der Waals surface area (Å²) in [5.41, 5.74) is -0.411. The minimum atomic E-state index is -0.205. The Morgan fingerprint density at radius 1 is 0.710 bits per heavy atom. The summed E-state index contributed by atoms with van der Waals surface area (Å²) in [5, 5.41) is 8.04. The van der Waals surface area contributed by atoms with E-state index < -0.39 is 0 Å². The van der Waals surface area contributed by atoms with E-state index in [1.807, 2.05) is 38.0 Å². The van der Waals surface area contributed by atoms with Gasteiger partial charge in [-0.05, 0) is 40.3 Å². The van der Waals surface area contributed by atoms with Crippen molar-refractivity contribution in [1.82, 2.24) is 20.0 Å². The number of aromatic amines is 2. The van der Waals surface area contributed by atoms with Gasteiger partial charge in [0, 0.05) is 25.5 Å². The maximum absolute atomic E-state index is 13.2. The number of nitrogens with zero attached hydrogens (tertiary/aromatic N) is 4. The predicted molar refractivity (Wildman–Crippen MR) is 134 cm³/mol. The molecule has 2 N–H and O–H groups in total. The molecule has 1 aromatic heterocycles. The van der Waals surface area contributed by atoms with Crippen molar-refractivity contribution in [2.75, 3.05) is 54.4 Å². The molecule has 8 nitrogen and oxygen atoms in total. The van der Waals surface area contributed by atoms with Gasteiger partial charge in [-0.1, -0.05) is 0 Å². The van der Waals surface area contributed by atoms with Crippen LogP contribution in [0.1, 0.15) is 0 Å². The van der Waals surface area contributed by atoms with Crippen LogP contribution in [0.2, 0.25) is 0 Å². The van der Waals surface area contributed by atoms with Crippen molar-refractivity contribution in [3.05, 3.63) is 55.7 Å². The summed E-state index contributed by atoms with van der Waals surface area (Å²) >= 11 is 0. The summed E-state index contributed by atoms with van der Waals surface area (Å²) in [6, 6.07) is 3.58. The average Bonchev–Trinajstić information content (AvgIpc) is 2.66. The van der Waals surface area contributed by atoms with Crippen molar-refractivity contribution in [3.8, 4) is 0 Å². The topological polar surface area (TPSA) is 96.9 Å². The molecule has 0 bridgehead atoms. The van der Waals surface area contributed by atoms with E-state index in [-0.39, 0.29) is 48.1 Å². The predicted octanol–water partition coefficient (Wildman–Crippen LogP) is 0.997. The van der Waals surface area contributed by atoms with Crippen LogP contribution in [0, 0.1) is 0 Å². The quantitative estimate of drug-likeness (QED) is 0.503. The summed E-state index contributed by atoms with van der Waals surface area (Å²) in [4.78, 5) is 39.6. The van der Waals surface area contributed by atoms with Crippen LogP contribution >= 0.6 is 37.2 Å². The van der Waals surface area contributed by atoms with Gasteiger partial charge < -0.3 is 20.0 Å². The number of H-pyrrole nitrogens is 2. The number of halogens is 3. The lowest BCUT2D eigenvalue weighted by atomic mass is 10.0. The Hall–Kier alpha value is -1.97. The third-order valence-electron chi connectivity index (χ3n) is 4.57. The van der Waals surface area contributed by atoms with E-state index in [1.165, 1.54) is 12.4 Å². The molecule has 3 rings (SSSR count). The number of aromatic nitrogens is 2. The molecule has 0 radical (unpaired) electrons. The van der Waals surface area contributed by atoms with Gasteiger partial charge in [0.1, 0.15) is 0 Å². The van der Waals surface area contributed by atoms with Gasteiger partial charge in [-0.3, -0.25) is 19.6 Å². The van der Waals surface area contributed by atoms with Crippen molar-refractivity contribution < 1.29 is 0 Å². The van der Waals surface area contributed by atoms with E-state index in [0.717, 1.165) is 13.1 Å². The van der Waals surface area contributed by atoms with Crippen LogP contribution in [0.4, 0.5) is 0 Å². The van der Waals surface area contributed by atoms with Gasteiger partial charge in [0.25, 0.3) is 0 Å². The van der Waals surface area contributed by atoms with Crippen molar-refractivity contribution in [1.29, 1.82) is 0 Å². The molecular formula is C20H29Cl3N6O2. The second-order valence-corrected chi connectivity index (χ2v) is 7.29. The molecule has 3 aromatic rings. The maximum atomic E-state index is 13.2. The van der Waals surface area contributed by atoms with Gasteiger partial charge in [-0.2, -0.15) is 0 Å². The van der Waals surface area contributed by atoms with Crippen molar-refractivity contribution >= 4 is 58.8 Å². The van der Waals surface area contributed by atoms with Crippen molar-refractivity contribution in [2.24, 2.45) is 9.98 Å². The van der Waals surface area contributed by atoms with Gasteiger partial charge in [-0.25, -0.2) is 0 Å². The molecule has 0 aliphatic carbocycles. The number of hydrogen-bond donors (Lipinski definition) is 2. The lowest BCUT2D eigenvalue weighted by molar-refractivity contribution is 0.419. The van der Waals surface area contributed by atoms with Crippen molar-refractivity contribution in [3.63, 3.8) is 0 Å². The zero-order chi connectivity index (χ0) is 20.3. The Kier molecular flexibility index (Phi) is 12.0. The van der Waals surface area contributed by atoms with Crippen LogP contribution in [0.15, 0.2) is 44.1 Å². The summed E-state index contributed by atoms with van der Waals surface area (Å²) in [6.07, 6.45) is 3.05. The third-order valence-corrected chi connectivity index (χ3v) is 4.57. The number of nitrogens with one attached hydrogen (secondary N) is 2. The summed E-state index contributed by atoms with van der Waals surface area (Å²) in [7, 11) is 7.87. The summed E-state index contributed by atoms with van der Waals surface area (Å²) in [5.74, 6) is 0. The van der Waals surface area contributed by atoms with E-state index in [9.17, 15) is 9.59 Å². The fraction of sp³-hybridized carbons (Fsp3) is 0.400. The second kappa shape index (κ2) is 12.8. The number of likely N-dealkylation sites (N-methyl/N-ethyl adjacent to an activating group) is 2. The minimum Gasteiger partial charge on any atom is -0.308 e. The monoisotopic (exact) mass is 490 g/mol. The molecule has 1 heterocycles. The van der Waals surface area contributed by atoms with E-state index in [0.29, 0.717) is 45.3 Å². The van der Waals surface area contributed by atoms with Crippen LogP contribution in [0.5, 0.6) is 0 Å². The lowest BCUT2D eigenvalue weighted by Gasteiger charge is -2.07. The highest BCUT2D eigenvalue weighted by molar-refractivity contribution is 5.96. The maximum Gasteiger partial charge on any atom is 0.198 e. The van der Waals surface area contributed by atoms with Crippen LogP contribution in [0.3, 0.4) is 0 Å². The first-order chi connectivity index (χ1) is 13.4. The first kappa shape index (κ1) is 29.0. The minimum absolute atomic E-state index is 0. The lowest BCUT2D eigenvalue weighted by Crippen LogP contribution is -2.28. The standard InChI is InChI=1S/C20H26N6O2.3ClH/c1-25(2)9-7-21-15-5-6-16(22-8-10-26(3)4)18-17(15)19(27)13-11-23-24-12-14(13)20(18)28;;;/h5-6,11-12,23-24H,7-10H2,1-4H3;3*1H. The van der Waals surface area contributed by atoms with Gasteiger partial charge in [0.2, 0.25) is 0 Å². The smallest absolute Gasteiger partial charge is 0.198 e. The van der Waals surface area contributed by atoms with Crippen LogP contribution in [-0.2, 0) is 0 Å². The first-order valence-electron chi connectivity index (χ1n) is 9.22. The van der Waals surface area contributed by atoms with Crippen LogP contribution in [0.25, 0.3) is 21.5 Å². The third kappa shape index (κ3) is 6.51. The van der Waals surface area contributed by atoms with Crippen LogP contribution in [-0.4, -0.2) is 74.4 Å². The normalized spacial score (nSPS) is 12.2. The molecule has 172 valence electrons. The number of hydrogen-bond acceptors (Lipinski definition) is 6. The first-order valence-corrected chi connectivity index (χ1v) is 9.22. The zero-order valence-electron chi connectivity index (χ0n) is 18.0. The SMILES string of the molecule is CN(C)CCN=c1ccc(=NCCN(C)C)c2c(=O)c3c[nH][nH]cc3c(=O)c12.Cl.Cl.Cl. The highest BCUT2D eigenvalue weighted by atomic mass is 35.5. The van der Waals surface area contributed by atoms with Gasteiger partial charge in [-0.15, -0.1) is 37.2 Å². The van der Waals surface area contributed by atoms with Gasteiger partial charge >= 0.3 is 0 Å². The fourth-order valence-corrected chi connectivity index (χ4v) is 3.07. The Morgan fingerprint density at radius 2 is 1.06 bits per heavy atom. The Morgan fingerprint density at radius 3 is 1.39 bits per heavy atom. The molecule has 0 fully saturated rings. The molecule has 0 unspecified atom stereocenters. The summed E-state index contributed by atoms with van der Waals surface area (Å²) in [6.45, 7) is 2.59. The Balaban J connectivity index is 0.00000300. The largest absolute Gasteiger partial charge is 0.308 e. The van der Waals surface area contributed by atoms with Gasteiger partial charge in [0.05, 0.1) is 45.3 Å². The second-order valence-electron chi connectivity index (χ2n) is 7.29. The average molecular weight is 492 g/mol. The molecule has 11 heteroatoms. The number of benzene rings is 2. The molecular weight excluding hydrogens is 463 g/mol. The molecule has 31 heavy (non-hydrogen) atoms. The molecule has 0 aliphatic heterocycles. The number of fused-ring (bicyclic) bond motifs is 2. The molecule has 0 aliphatic rings. The van der Waals surface area contributed by atoms with E-state index in [4.69, 9.17) is 0 Å². The van der Waals surface area contributed by atoms with Gasteiger partial charge in [0.15, 0.2) is 10.9 Å². The molecule has 0 amide bonds. The summed E-state index contributed by atoms with van der Waals surface area (Å²) < 4.78 is 0. The molecule has 0 saturated heterocycles. The fourth-order valence-electron chi connectivity index (χ4n) is 3.07. The molecule has 0 atom stereocenters. The molecule has 0 saturated carbocycles. The van der Waals surface area contributed by atoms with E-state index >= 15 is 0 Å². The zero-order valence-corrected chi connectivity index (χ0v) is 20.4. The number of rotatable bonds is 6. The molecule has 0 spiro atoms. The Bertz CT molecular complexity index is 1140. The van der Waals surface area contributed by atoms with E-state index in [1.54, 1.807) is 12.1 Å². The Labute approximate surface area is 198 Å². The highest BCUT2D eigenvalue weighted by Crippen LogP contribution is 2.05. The van der Waals surface area contributed by atoms with Crippen molar-refractivity contribution in [2.45, 2.75) is 0 Å². The highest BCUT2D eigenvalue weighted by Gasteiger charge is 2.14.